The highest BCUT2D eigenvalue weighted by Gasteiger charge is 2.19. The van der Waals surface area contributed by atoms with Crippen LogP contribution in [0.2, 0.25) is 0 Å². The summed E-state index contributed by atoms with van der Waals surface area (Å²) in [5.41, 5.74) is 0.887. The van der Waals surface area contributed by atoms with E-state index in [1.54, 1.807) is 34.4 Å². The lowest BCUT2D eigenvalue weighted by atomic mass is 10.1. The largest absolute Gasteiger partial charge is 0.497 e. The first-order valence-corrected chi connectivity index (χ1v) is 6.29. The number of hydrogen-bond donors (Lipinski definition) is 2. The monoisotopic (exact) mass is 282 g/mol. The molecule has 0 heterocycles. The number of nitrogens with zero attached hydrogens (tertiary/aromatic N) is 1. The number of aliphatic hydroxyl groups excluding tert-OH is 1. The quantitative estimate of drug-likeness (QED) is 0.750. The molecule has 112 valence electrons. The maximum absolute atomic E-state index is 11.8. The molecule has 6 heteroatoms. The van der Waals surface area contributed by atoms with E-state index in [1.807, 2.05) is 12.1 Å². The third-order valence-corrected chi connectivity index (χ3v) is 2.95. The molecule has 0 aliphatic heterocycles. The Balaban J connectivity index is 2.75. The summed E-state index contributed by atoms with van der Waals surface area (Å²) in [7, 11) is 6.47. The molecule has 0 bridgehead atoms. The summed E-state index contributed by atoms with van der Waals surface area (Å²) in [5.74, 6) is 1.21. The number of rotatable bonds is 7. The Morgan fingerprint density at radius 3 is 2.55 bits per heavy atom. The zero-order chi connectivity index (χ0) is 15.1. The Labute approximate surface area is 119 Å². The van der Waals surface area contributed by atoms with E-state index in [0.29, 0.717) is 18.0 Å². The van der Waals surface area contributed by atoms with Crippen LogP contribution in [0.25, 0.3) is 0 Å². The summed E-state index contributed by atoms with van der Waals surface area (Å²) >= 11 is 0. The number of carbonyl (C=O) groups is 1. The third-order valence-electron chi connectivity index (χ3n) is 2.95. The lowest BCUT2D eigenvalue weighted by molar-refractivity contribution is -0.131. The van der Waals surface area contributed by atoms with Gasteiger partial charge in [0.05, 0.1) is 20.8 Å². The fourth-order valence-corrected chi connectivity index (χ4v) is 1.77. The lowest BCUT2D eigenvalue weighted by Crippen LogP contribution is -2.45. The van der Waals surface area contributed by atoms with Crippen molar-refractivity contribution < 1.29 is 19.4 Å². The first-order valence-electron chi connectivity index (χ1n) is 6.29. The highest BCUT2D eigenvalue weighted by molar-refractivity contribution is 5.81. The smallest absolute Gasteiger partial charge is 0.241 e. The summed E-state index contributed by atoms with van der Waals surface area (Å²) in [5, 5.41) is 12.3. The van der Waals surface area contributed by atoms with Crippen molar-refractivity contribution in [1.82, 2.24) is 10.2 Å². The van der Waals surface area contributed by atoms with Gasteiger partial charge in [-0.1, -0.05) is 6.07 Å². The molecule has 0 radical (unpaired) electrons. The van der Waals surface area contributed by atoms with E-state index in [9.17, 15) is 9.90 Å². The van der Waals surface area contributed by atoms with E-state index in [2.05, 4.69) is 5.32 Å². The number of methoxy groups -OCH3 is 2. The fraction of sp³-hybridized carbons (Fsp3) is 0.500. The molecule has 1 atom stereocenters. The number of benzene rings is 1. The van der Waals surface area contributed by atoms with Crippen molar-refractivity contribution >= 4 is 5.91 Å². The SMILES string of the molecule is COc1ccc(CN[C@@H](CO)C(=O)N(C)C)c(OC)c1. The maximum atomic E-state index is 11.8. The molecule has 1 rings (SSSR count). The average molecular weight is 282 g/mol. The molecule has 6 nitrogen and oxygen atoms in total. The van der Waals surface area contributed by atoms with Crippen molar-refractivity contribution in [2.45, 2.75) is 12.6 Å². The van der Waals surface area contributed by atoms with Crippen molar-refractivity contribution in [1.29, 1.82) is 0 Å². The summed E-state index contributed by atoms with van der Waals surface area (Å²) in [6, 6.07) is 4.83. The molecule has 1 amide bonds. The van der Waals surface area contributed by atoms with Crippen LogP contribution in [0.15, 0.2) is 18.2 Å². The average Bonchev–Trinajstić information content (AvgIpc) is 2.47. The van der Waals surface area contributed by atoms with Gasteiger partial charge >= 0.3 is 0 Å². The minimum atomic E-state index is -0.628. The van der Waals surface area contributed by atoms with E-state index in [1.165, 1.54) is 4.90 Å². The van der Waals surface area contributed by atoms with E-state index in [0.717, 1.165) is 5.56 Å². The topological polar surface area (TPSA) is 71.0 Å². The fourth-order valence-electron chi connectivity index (χ4n) is 1.77. The van der Waals surface area contributed by atoms with E-state index < -0.39 is 6.04 Å². The highest BCUT2D eigenvalue weighted by atomic mass is 16.5. The zero-order valence-corrected chi connectivity index (χ0v) is 12.3. The maximum Gasteiger partial charge on any atom is 0.241 e. The van der Waals surface area contributed by atoms with Gasteiger partial charge in [-0.25, -0.2) is 0 Å². The summed E-state index contributed by atoms with van der Waals surface area (Å²) in [4.78, 5) is 13.2. The predicted molar refractivity (Wildman–Crippen MR) is 76.0 cm³/mol. The molecule has 0 unspecified atom stereocenters. The molecule has 0 fully saturated rings. The number of hydrogen-bond acceptors (Lipinski definition) is 5. The number of carbonyl (C=O) groups excluding carboxylic acids is 1. The number of ether oxygens (including phenoxy) is 2. The van der Waals surface area contributed by atoms with E-state index in [4.69, 9.17) is 9.47 Å². The van der Waals surface area contributed by atoms with Crippen LogP contribution in [0.5, 0.6) is 11.5 Å². The summed E-state index contributed by atoms with van der Waals surface area (Å²) in [6.07, 6.45) is 0. The van der Waals surface area contributed by atoms with Gasteiger partial charge in [-0.05, 0) is 6.07 Å². The van der Waals surface area contributed by atoms with Crippen LogP contribution >= 0.6 is 0 Å². The van der Waals surface area contributed by atoms with Gasteiger partial charge in [0.1, 0.15) is 17.5 Å². The number of likely N-dealkylation sites (N-methyl/N-ethyl adjacent to an activating group) is 1. The number of amides is 1. The number of aliphatic hydroxyl groups is 1. The Kier molecular flexibility index (Phi) is 6.27. The standard InChI is InChI=1S/C14H22N2O4/c1-16(2)14(18)12(9-17)15-8-10-5-6-11(19-3)7-13(10)20-4/h5-7,12,15,17H,8-9H2,1-4H3/t12-/m0/s1. The molecule has 2 N–H and O–H groups in total. The van der Waals surface area contributed by atoms with Gasteiger partial charge < -0.3 is 19.5 Å². The van der Waals surface area contributed by atoms with Gasteiger partial charge in [0.25, 0.3) is 0 Å². The van der Waals surface area contributed by atoms with Crippen molar-refractivity contribution in [3.05, 3.63) is 23.8 Å². The van der Waals surface area contributed by atoms with Crippen LogP contribution in [0.1, 0.15) is 5.56 Å². The zero-order valence-electron chi connectivity index (χ0n) is 12.3. The Bertz CT molecular complexity index is 449. The molecule has 0 saturated carbocycles. The first kappa shape index (κ1) is 16.3. The predicted octanol–water partition coefficient (Wildman–Crippen LogP) is 0.243. The van der Waals surface area contributed by atoms with E-state index in [-0.39, 0.29) is 12.5 Å². The van der Waals surface area contributed by atoms with Crippen molar-refractivity contribution in [2.24, 2.45) is 0 Å². The second-order valence-corrected chi connectivity index (χ2v) is 4.53. The first-order chi connectivity index (χ1) is 9.53. The van der Waals surface area contributed by atoms with Crippen LogP contribution in [0.3, 0.4) is 0 Å². The van der Waals surface area contributed by atoms with Gasteiger partial charge in [-0.15, -0.1) is 0 Å². The Morgan fingerprint density at radius 2 is 2.05 bits per heavy atom. The van der Waals surface area contributed by atoms with Gasteiger partial charge in [0.2, 0.25) is 5.91 Å². The summed E-state index contributed by atoms with van der Waals surface area (Å²) in [6.45, 7) is 0.160. The van der Waals surface area contributed by atoms with Crippen molar-refractivity contribution in [3.63, 3.8) is 0 Å². The van der Waals surface area contributed by atoms with Gasteiger partial charge in [-0.2, -0.15) is 0 Å². The minimum absolute atomic E-state index is 0.167. The van der Waals surface area contributed by atoms with E-state index >= 15 is 0 Å². The van der Waals surface area contributed by atoms with Crippen molar-refractivity contribution in [3.8, 4) is 11.5 Å². The second kappa shape index (κ2) is 7.72. The van der Waals surface area contributed by atoms with Crippen LogP contribution in [0.4, 0.5) is 0 Å². The molecule has 0 saturated heterocycles. The molecular weight excluding hydrogens is 260 g/mol. The molecule has 0 aromatic heterocycles. The van der Waals surface area contributed by atoms with Gasteiger partial charge in [0, 0.05) is 32.3 Å². The lowest BCUT2D eigenvalue weighted by Gasteiger charge is -2.20. The Morgan fingerprint density at radius 1 is 1.35 bits per heavy atom. The molecule has 0 spiro atoms. The van der Waals surface area contributed by atoms with Crippen LogP contribution in [-0.4, -0.2) is 56.9 Å². The van der Waals surface area contributed by atoms with Crippen LogP contribution in [0, 0.1) is 0 Å². The second-order valence-electron chi connectivity index (χ2n) is 4.53. The molecule has 20 heavy (non-hydrogen) atoms. The highest BCUT2D eigenvalue weighted by Crippen LogP contribution is 2.24. The van der Waals surface area contributed by atoms with Gasteiger partial charge in [0.15, 0.2) is 0 Å². The van der Waals surface area contributed by atoms with Gasteiger partial charge in [-0.3, -0.25) is 10.1 Å². The van der Waals surface area contributed by atoms with Crippen LogP contribution < -0.4 is 14.8 Å². The van der Waals surface area contributed by atoms with Crippen molar-refractivity contribution in [2.75, 3.05) is 34.9 Å². The normalized spacial score (nSPS) is 11.8. The molecule has 0 aliphatic carbocycles. The summed E-state index contributed by atoms with van der Waals surface area (Å²) < 4.78 is 10.4. The molecular formula is C14H22N2O4. The minimum Gasteiger partial charge on any atom is -0.497 e. The third kappa shape index (κ3) is 4.11. The molecule has 0 aliphatic rings. The number of nitrogens with one attached hydrogen (secondary N) is 1. The Hall–Kier alpha value is -1.79. The molecule has 1 aromatic carbocycles. The van der Waals surface area contributed by atoms with Crippen LogP contribution in [-0.2, 0) is 11.3 Å². The molecule has 1 aromatic rings.